The highest BCUT2D eigenvalue weighted by molar-refractivity contribution is 7.99. The Morgan fingerprint density at radius 3 is 2.72 bits per heavy atom. The summed E-state index contributed by atoms with van der Waals surface area (Å²) in [5.74, 6) is 1.12. The van der Waals surface area contributed by atoms with Crippen LogP contribution in [-0.2, 0) is 9.84 Å². The number of hydrogen-bond donors (Lipinski definition) is 1. The van der Waals surface area contributed by atoms with Gasteiger partial charge in [0.1, 0.15) is 25.8 Å². The van der Waals surface area contributed by atoms with Crippen molar-refractivity contribution in [2.45, 2.75) is 9.92 Å². The van der Waals surface area contributed by atoms with E-state index < -0.39 is 9.84 Å². The van der Waals surface area contributed by atoms with Crippen LogP contribution in [0.25, 0.3) is 0 Å². The molecule has 3 rings (SSSR count). The number of sulfone groups is 1. The lowest BCUT2D eigenvalue weighted by Crippen LogP contribution is -2.50. The van der Waals surface area contributed by atoms with Gasteiger partial charge in [0, 0.05) is 36.4 Å². The summed E-state index contributed by atoms with van der Waals surface area (Å²) in [4.78, 5) is 15.1. The first kappa shape index (κ1) is 18.5. The van der Waals surface area contributed by atoms with Crippen LogP contribution < -0.4 is 10.6 Å². The summed E-state index contributed by atoms with van der Waals surface area (Å²) < 4.78 is 22.7. The summed E-state index contributed by atoms with van der Waals surface area (Å²) in [6.45, 7) is 1.22. The van der Waals surface area contributed by atoms with Crippen molar-refractivity contribution in [2.75, 3.05) is 35.7 Å². The standard InChI is InChI=1S/C14H15Cl2N5O2S2/c1-25(22,23)7-8-5-21(6-8)13-11(16)9(2-3-18-13)24-14-12(17)20-10(15)4-19-14/h2-4,8H,5-7H2,1H3,(H2,17,20). The summed E-state index contributed by atoms with van der Waals surface area (Å²) in [6, 6.07) is 1.76. The van der Waals surface area contributed by atoms with Crippen LogP contribution in [0.4, 0.5) is 11.6 Å². The lowest BCUT2D eigenvalue weighted by molar-refractivity contribution is 0.441. The third-order valence-electron chi connectivity index (χ3n) is 3.57. The van der Waals surface area contributed by atoms with Gasteiger partial charge in [-0.25, -0.2) is 23.4 Å². The van der Waals surface area contributed by atoms with Crippen molar-refractivity contribution in [2.24, 2.45) is 5.92 Å². The van der Waals surface area contributed by atoms with Gasteiger partial charge < -0.3 is 10.6 Å². The van der Waals surface area contributed by atoms with E-state index in [0.29, 0.717) is 29.0 Å². The molecule has 134 valence electrons. The SMILES string of the molecule is CS(=O)(=O)CC1CN(c2nccc(Sc3ncc(Cl)nc3N)c2Cl)C1. The fourth-order valence-electron chi connectivity index (χ4n) is 2.54. The summed E-state index contributed by atoms with van der Waals surface area (Å²) in [5.41, 5.74) is 5.83. The van der Waals surface area contributed by atoms with E-state index >= 15 is 0 Å². The molecule has 3 heterocycles. The van der Waals surface area contributed by atoms with Crippen LogP contribution >= 0.6 is 35.0 Å². The molecule has 0 atom stereocenters. The topological polar surface area (TPSA) is 102 Å². The van der Waals surface area contributed by atoms with E-state index in [1.54, 1.807) is 12.3 Å². The molecule has 0 aromatic carbocycles. The Labute approximate surface area is 159 Å². The summed E-state index contributed by atoms with van der Waals surface area (Å²) in [6.07, 6.45) is 4.31. The van der Waals surface area contributed by atoms with E-state index in [0.717, 1.165) is 4.90 Å². The zero-order valence-electron chi connectivity index (χ0n) is 13.2. The summed E-state index contributed by atoms with van der Waals surface area (Å²) >= 11 is 13.5. The largest absolute Gasteiger partial charge is 0.381 e. The number of nitrogen functional groups attached to an aromatic ring is 1. The van der Waals surface area contributed by atoms with E-state index in [4.69, 9.17) is 28.9 Å². The number of hydrogen-bond acceptors (Lipinski definition) is 8. The van der Waals surface area contributed by atoms with Crippen LogP contribution in [0.15, 0.2) is 28.4 Å². The lowest BCUT2D eigenvalue weighted by Gasteiger charge is -2.40. The van der Waals surface area contributed by atoms with Crippen molar-refractivity contribution in [3.63, 3.8) is 0 Å². The predicted molar refractivity (Wildman–Crippen MR) is 100 cm³/mol. The molecule has 1 fully saturated rings. The Balaban J connectivity index is 1.75. The van der Waals surface area contributed by atoms with Gasteiger partial charge in [-0.15, -0.1) is 0 Å². The van der Waals surface area contributed by atoms with Gasteiger partial charge in [0.25, 0.3) is 0 Å². The maximum absolute atomic E-state index is 11.4. The Bertz CT molecular complexity index is 904. The van der Waals surface area contributed by atoms with E-state index in [9.17, 15) is 8.42 Å². The molecule has 2 aromatic rings. The average molecular weight is 420 g/mol. The molecule has 0 radical (unpaired) electrons. The van der Waals surface area contributed by atoms with Crippen molar-refractivity contribution < 1.29 is 8.42 Å². The molecular formula is C14H15Cl2N5O2S2. The zero-order valence-corrected chi connectivity index (χ0v) is 16.3. The normalized spacial score (nSPS) is 15.2. The van der Waals surface area contributed by atoms with Gasteiger partial charge in [-0.2, -0.15) is 0 Å². The number of anilines is 2. The number of pyridine rings is 1. The first-order chi connectivity index (χ1) is 11.7. The second-order valence-electron chi connectivity index (χ2n) is 5.80. The third-order valence-corrected chi connectivity index (χ3v) is 6.38. The minimum Gasteiger partial charge on any atom is -0.381 e. The van der Waals surface area contributed by atoms with Crippen LogP contribution in [0.2, 0.25) is 10.2 Å². The molecule has 0 saturated carbocycles. The van der Waals surface area contributed by atoms with Crippen molar-refractivity contribution in [1.82, 2.24) is 15.0 Å². The van der Waals surface area contributed by atoms with Gasteiger partial charge in [-0.3, -0.25) is 0 Å². The molecule has 11 heteroatoms. The number of nitrogens with zero attached hydrogens (tertiary/aromatic N) is 4. The van der Waals surface area contributed by atoms with E-state index in [2.05, 4.69) is 15.0 Å². The van der Waals surface area contributed by atoms with Gasteiger partial charge >= 0.3 is 0 Å². The van der Waals surface area contributed by atoms with Crippen molar-refractivity contribution in [3.05, 3.63) is 28.6 Å². The maximum Gasteiger partial charge on any atom is 0.158 e. The Morgan fingerprint density at radius 2 is 2.08 bits per heavy atom. The lowest BCUT2D eigenvalue weighted by atomic mass is 10.0. The quantitative estimate of drug-likeness (QED) is 0.787. The summed E-state index contributed by atoms with van der Waals surface area (Å²) in [7, 11) is -2.98. The molecule has 0 unspecified atom stereocenters. The summed E-state index contributed by atoms with van der Waals surface area (Å²) in [5, 5.41) is 1.20. The smallest absolute Gasteiger partial charge is 0.158 e. The molecule has 25 heavy (non-hydrogen) atoms. The van der Waals surface area contributed by atoms with Crippen LogP contribution in [0, 0.1) is 5.92 Å². The molecule has 2 aromatic heterocycles. The fraction of sp³-hybridized carbons (Fsp3) is 0.357. The average Bonchev–Trinajstić information content (AvgIpc) is 2.47. The van der Waals surface area contributed by atoms with Gasteiger partial charge in [0.05, 0.1) is 17.0 Å². The minimum atomic E-state index is -2.98. The molecule has 0 spiro atoms. The predicted octanol–water partition coefficient (Wildman–Crippen LogP) is 2.39. The highest BCUT2D eigenvalue weighted by Crippen LogP contribution is 2.40. The molecule has 0 amide bonds. The second-order valence-corrected chi connectivity index (χ2v) is 9.78. The van der Waals surface area contributed by atoms with E-state index in [1.165, 1.54) is 24.2 Å². The molecule has 0 bridgehead atoms. The number of halogens is 2. The van der Waals surface area contributed by atoms with Gasteiger partial charge in [-0.1, -0.05) is 35.0 Å². The monoisotopic (exact) mass is 419 g/mol. The number of rotatable bonds is 5. The van der Waals surface area contributed by atoms with Gasteiger partial charge in [0.2, 0.25) is 0 Å². The van der Waals surface area contributed by atoms with Gasteiger partial charge in [0.15, 0.2) is 5.82 Å². The highest BCUT2D eigenvalue weighted by Gasteiger charge is 2.32. The third kappa shape index (κ3) is 4.46. The molecule has 1 aliphatic rings. The first-order valence-electron chi connectivity index (χ1n) is 7.26. The van der Waals surface area contributed by atoms with Crippen LogP contribution in [0.3, 0.4) is 0 Å². The molecule has 1 saturated heterocycles. The number of aromatic nitrogens is 3. The molecule has 2 N–H and O–H groups in total. The number of nitrogens with two attached hydrogens (primary N) is 1. The first-order valence-corrected chi connectivity index (χ1v) is 10.9. The van der Waals surface area contributed by atoms with E-state index in [1.807, 2.05) is 4.90 Å². The van der Waals surface area contributed by atoms with Crippen molar-refractivity contribution in [3.8, 4) is 0 Å². The van der Waals surface area contributed by atoms with Crippen molar-refractivity contribution in [1.29, 1.82) is 0 Å². The fourth-order valence-corrected chi connectivity index (χ4v) is 4.87. The Hall–Kier alpha value is -1.29. The van der Waals surface area contributed by atoms with E-state index in [-0.39, 0.29) is 22.6 Å². The second kappa shape index (κ2) is 7.14. The molecular weight excluding hydrogens is 405 g/mol. The maximum atomic E-state index is 11.4. The van der Waals surface area contributed by atoms with Gasteiger partial charge in [-0.05, 0) is 6.07 Å². The van der Waals surface area contributed by atoms with Crippen LogP contribution in [-0.4, -0.2) is 48.5 Å². The Morgan fingerprint density at radius 1 is 1.36 bits per heavy atom. The molecule has 7 nitrogen and oxygen atoms in total. The molecule has 1 aliphatic heterocycles. The zero-order chi connectivity index (χ0) is 18.2. The highest BCUT2D eigenvalue weighted by atomic mass is 35.5. The van der Waals surface area contributed by atoms with Crippen LogP contribution in [0.5, 0.6) is 0 Å². The Kier molecular flexibility index (Phi) is 5.29. The minimum absolute atomic E-state index is 0.0990. The van der Waals surface area contributed by atoms with Crippen molar-refractivity contribution >= 4 is 56.4 Å². The van der Waals surface area contributed by atoms with Crippen LogP contribution in [0.1, 0.15) is 0 Å². The molecule has 0 aliphatic carbocycles.